The molecule has 0 bridgehead atoms. The number of methoxy groups -OCH3 is 1. The molecule has 0 spiro atoms. The third-order valence-electron chi connectivity index (χ3n) is 4.65. The van der Waals surface area contributed by atoms with E-state index in [4.69, 9.17) is 9.47 Å². The first-order chi connectivity index (χ1) is 17.4. The molecule has 0 aliphatic carbocycles. The second-order valence-electron chi connectivity index (χ2n) is 8.99. The molecular formula is C24H31N5O8. The Labute approximate surface area is 214 Å². The van der Waals surface area contributed by atoms with E-state index in [1.54, 1.807) is 52.0 Å². The lowest BCUT2D eigenvalue weighted by Gasteiger charge is -2.22. The summed E-state index contributed by atoms with van der Waals surface area (Å²) in [7, 11) is 1.49. The van der Waals surface area contributed by atoms with Crippen LogP contribution < -0.4 is 20.7 Å². The number of alkyl carbamates (subject to hydrolysis) is 1. The van der Waals surface area contributed by atoms with Gasteiger partial charge in [0.2, 0.25) is 5.91 Å². The van der Waals surface area contributed by atoms with Crippen LogP contribution in [0, 0.1) is 10.1 Å². The Bertz CT molecular complexity index is 1130. The van der Waals surface area contributed by atoms with Gasteiger partial charge in [-0.25, -0.2) is 4.79 Å². The van der Waals surface area contributed by atoms with E-state index >= 15 is 0 Å². The van der Waals surface area contributed by atoms with Crippen LogP contribution in [0.3, 0.4) is 0 Å². The average Bonchev–Trinajstić information content (AvgIpc) is 2.80. The van der Waals surface area contributed by atoms with Gasteiger partial charge in [-0.1, -0.05) is 0 Å². The van der Waals surface area contributed by atoms with E-state index in [0.717, 1.165) is 0 Å². The van der Waals surface area contributed by atoms with E-state index in [1.807, 2.05) is 0 Å². The van der Waals surface area contributed by atoms with Crippen LogP contribution >= 0.6 is 0 Å². The van der Waals surface area contributed by atoms with Crippen molar-refractivity contribution in [3.8, 4) is 16.9 Å². The van der Waals surface area contributed by atoms with Crippen molar-refractivity contribution in [3.05, 3.63) is 52.3 Å². The second kappa shape index (κ2) is 13.0. The lowest BCUT2D eigenvalue weighted by Crippen LogP contribution is -2.39. The maximum absolute atomic E-state index is 12.8. The summed E-state index contributed by atoms with van der Waals surface area (Å²) in [4.78, 5) is 55.7. The fraction of sp³-hybridized carbons (Fsp3) is 0.417. The maximum Gasteiger partial charge on any atom is 0.407 e. The van der Waals surface area contributed by atoms with Crippen LogP contribution in [-0.2, 0) is 14.4 Å². The van der Waals surface area contributed by atoms with Gasteiger partial charge in [0.05, 0.1) is 18.4 Å². The smallest absolute Gasteiger partial charge is 0.407 e. The number of carbonyl (C=O) groups excluding carboxylic acids is 3. The molecule has 0 fully saturated rings. The Morgan fingerprint density at radius 3 is 2.54 bits per heavy atom. The highest BCUT2D eigenvalue weighted by atomic mass is 16.9. The molecule has 1 aromatic carbocycles. The zero-order valence-corrected chi connectivity index (χ0v) is 21.3. The minimum Gasteiger partial charge on any atom is -0.497 e. The Balaban J connectivity index is 2.15. The molecule has 1 unspecified atom stereocenters. The number of hydrogen-bond donors (Lipinski definition) is 3. The molecule has 2 aromatic rings. The lowest BCUT2D eigenvalue weighted by atomic mass is 10.0. The van der Waals surface area contributed by atoms with Gasteiger partial charge in [0.15, 0.2) is 0 Å². The highest BCUT2D eigenvalue weighted by Gasteiger charge is 2.20. The zero-order valence-electron chi connectivity index (χ0n) is 21.3. The molecule has 0 saturated carbocycles. The molecule has 1 atom stereocenters. The maximum atomic E-state index is 12.8. The van der Waals surface area contributed by atoms with E-state index in [-0.39, 0.29) is 31.0 Å². The predicted molar refractivity (Wildman–Crippen MR) is 134 cm³/mol. The summed E-state index contributed by atoms with van der Waals surface area (Å²) in [6, 6.07) is 6.10. The molecule has 37 heavy (non-hydrogen) atoms. The summed E-state index contributed by atoms with van der Waals surface area (Å²) < 4.78 is 10.5. The summed E-state index contributed by atoms with van der Waals surface area (Å²) >= 11 is 0. The van der Waals surface area contributed by atoms with E-state index < -0.39 is 28.7 Å². The summed E-state index contributed by atoms with van der Waals surface area (Å²) in [5.74, 6) is -0.375. The van der Waals surface area contributed by atoms with Crippen LogP contribution in [0.1, 0.15) is 44.5 Å². The van der Waals surface area contributed by atoms with Crippen molar-refractivity contribution in [2.75, 3.05) is 25.6 Å². The minimum absolute atomic E-state index is 0.0250. The van der Waals surface area contributed by atoms with Crippen LogP contribution in [0.25, 0.3) is 11.1 Å². The SMILES string of the molecule is COc1ccc(-c2cncc(C(=O)NCCO[N+](=O)[O-])c2)c(NC(=O)CC(C)NC(=O)OC(C)(C)C)c1. The molecule has 200 valence electrons. The first kappa shape index (κ1) is 28.8. The summed E-state index contributed by atoms with van der Waals surface area (Å²) in [6.45, 7) is 6.55. The van der Waals surface area contributed by atoms with Crippen molar-refractivity contribution >= 4 is 23.6 Å². The predicted octanol–water partition coefficient (Wildman–Crippen LogP) is 2.94. The van der Waals surface area contributed by atoms with Crippen LogP contribution in [0.4, 0.5) is 10.5 Å². The number of hydrogen-bond acceptors (Lipinski definition) is 9. The standard InChI is InChI=1S/C24H31N5O8/c1-15(27-23(32)37-24(2,3)4)10-21(30)28-20-12-18(35-5)6-7-19(20)16-11-17(14-25-13-16)22(31)26-8-9-36-29(33)34/h6-7,11-15H,8-10H2,1-5H3,(H,26,31)(H,27,32)(H,28,30). The number of benzene rings is 1. The first-order valence-corrected chi connectivity index (χ1v) is 11.4. The van der Waals surface area contributed by atoms with E-state index in [0.29, 0.717) is 22.6 Å². The number of amides is 3. The second-order valence-corrected chi connectivity index (χ2v) is 8.99. The Morgan fingerprint density at radius 2 is 1.89 bits per heavy atom. The largest absolute Gasteiger partial charge is 0.497 e. The third-order valence-corrected chi connectivity index (χ3v) is 4.65. The van der Waals surface area contributed by atoms with Crippen LogP contribution in [0.5, 0.6) is 5.75 Å². The Morgan fingerprint density at radius 1 is 1.16 bits per heavy atom. The van der Waals surface area contributed by atoms with Gasteiger partial charge in [0.25, 0.3) is 11.0 Å². The molecule has 1 heterocycles. The molecule has 0 saturated heterocycles. The first-order valence-electron chi connectivity index (χ1n) is 11.4. The van der Waals surface area contributed by atoms with Crippen molar-refractivity contribution in [1.82, 2.24) is 15.6 Å². The fourth-order valence-corrected chi connectivity index (χ4v) is 3.14. The van der Waals surface area contributed by atoms with Gasteiger partial charge in [-0.3, -0.25) is 14.6 Å². The van der Waals surface area contributed by atoms with E-state index in [9.17, 15) is 24.5 Å². The van der Waals surface area contributed by atoms with Gasteiger partial charge < -0.3 is 30.3 Å². The molecule has 0 aliphatic rings. The fourth-order valence-electron chi connectivity index (χ4n) is 3.14. The van der Waals surface area contributed by atoms with E-state index in [1.165, 1.54) is 19.5 Å². The van der Waals surface area contributed by atoms with Crippen molar-refractivity contribution in [1.29, 1.82) is 0 Å². The van der Waals surface area contributed by atoms with Gasteiger partial charge in [0, 0.05) is 48.6 Å². The van der Waals surface area contributed by atoms with Crippen LogP contribution in [-0.4, -0.2) is 59.9 Å². The quantitative estimate of drug-likeness (QED) is 0.230. The summed E-state index contributed by atoms with van der Waals surface area (Å²) in [5.41, 5.74) is 1.06. The van der Waals surface area contributed by atoms with Gasteiger partial charge in [-0.2, -0.15) is 0 Å². The number of carbonyl (C=O) groups is 3. The topological polar surface area (TPSA) is 171 Å². The van der Waals surface area contributed by atoms with Crippen molar-refractivity contribution in [2.24, 2.45) is 0 Å². The Kier molecular flexibility index (Phi) is 10.2. The minimum atomic E-state index is -0.942. The number of nitrogens with one attached hydrogen (secondary N) is 3. The highest BCUT2D eigenvalue weighted by molar-refractivity contribution is 5.98. The average molecular weight is 518 g/mol. The van der Waals surface area contributed by atoms with Gasteiger partial charge in [-0.15, -0.1) is 10.1 Å². The molecule has 3 amide bonds. The molecule has 1 aromatic heterocycles. The number of ether oxygens (including phenoxy) is 2. The molecule has 0 aliphatic heterocycles. The number of nitrogens with zero attached hydrogens (tertiary/aromatic N) is 2. The van der Waals surface area contributed by atoms with Crippen molar-refractivity contribution < 1.29 is 33.8 Å². The molecule has 0 radical (unpaired) electrons. The van der Waals surface area contributed by atoms with Crippen LogP contribution in [0.2, 0.25) is 0 Å². The zero-order chi connectivity index (χ0) is 27.6. The molecule has 13 nitrogen and oxygen atoms in total. The highest BCUT2D eigenvalue weighted by Crippen LogP contribution is 2.32. The van der Waals surface area contributed by atoms with Crippen LogP contribution in [0.15, 0.2) is 36.7 Å². The molecule has 3 N–H and O–H groups in total. The molecule has 2 rings (SSSR count). The van der Waals surface area contributed by atoms with Crippen molar-refractivity contribution in [3.63, 3.8) is 0 Å². The van der Waals surface area contributed by atoms with Gasteiger partial charge in [0.1, 0.15) is 18.0 Å². The Hall–Kier alpha value is -4.42. The summed E-state index contributed by atoms with van der Waals surface area (Å²) in [5, 5.41) is 17.2. The number of pyridine rings is 1. The number of aromatic nitrogens is 1. The monoisotopic (exact) mass is 517 g/mol. The summed E-state index contributed by atoms with van der Waals surface area (Å²) in [6.07, 6.45) is 2.22. The van der Waals surface area contributed by atoms with E-state index in [2.05, 4.69) is 25.8 Å². The number of anilines is 1. The molecular weight excluding hydrogens is 486 g/mol. The van der Waals surface area contributed by atoms with Gasteiger partial charge in [-0.05, 0) is 45.9 Å². The number of rotatable bonds is 11. The van der Waals surface area contributed by atoms with Gasteiger partial charge >= 0.3 is 6.09 Å². The third kappa shape index (κ3) is 9.99. The van der Waals surface area contributed by atoms with Crippen molar-refractivity contribution in [2.45, 2.75) is 45.8 Å². The lowest BCUT2D eigenvalue weighted by molar-refractivity contribution is -0.757. The normalized spacial score (nSPS) is 11.6. The molecule has 13 heteroatoms.